The highest BCUT2D eigenvalue weighted by Crippen LogP contribution is 2.33. The SMILES string of the molecule is Cc1cc(-c2cc(F)c(=O)n(Cc3ccc4c(c3)OCO4)c2)nc(S(=O)(=O)CCC(OCc2ccccc2F)c2ccccn2)n1. The number of fused-ring (bicyclic) bond motifs is 1. The van der Waals surface area contributed by atoms with Gasteiger partial charge in [-0.1, -0.05) is 30.3 Å². The van der Waals surface area contributed by atoms with E-state index < -0.39 is 44.0 Å². The summed E-state index contributed by atoms with van der Waals surface area (Å²) in [6.45, 7) is 1.62. The number of ether oxygens (including phenoxy) is 3. The van der Waals surface area contributed by atoms with Gasteiger partial charge in [0.2, 0.25) is 21.8 Å². The van der Waals surface area contributed by atoms with Crippen molar-refractivity contribution < 1.29 is 31.4 Å². The van der Waals surface area contributed by atoms with Crippen LogP contribution < -0.4 is 15.0 Å². The first-order chi connectivity index (χ1) is 22.2. The topological polar surface area (TPSA) is 123 Å². The Morgan fingerprint density at radius 2 is 1.76 bits per heavy atom. The predicted molar refractivity (Wildman–Crippen MR) is 163 cm³/mol. The van der Waals surface area contributed by atoms with Crippen molar-refractivity contribution in [2.75, 3.05) is 12.5 Å². The van der Waals surface area contributed by atoms with Gasteiger partial charge in [0.15, 0.2) is 17.3 Å². The highest BCUT2D eigenvalue weighted by molar-refractivity contribution is 7.91. The molecule has 10 nitrogen and oxygen atoms in total. The summed E-state index contributed by atoms with van der Waals surface area (Å²) >= 11 is 0. The number of aryl methyl sites for hydroxylation is 1. The molecule has 1 unspecified atom stereocenters. The van der Waals surface area contributed by atoms with E-state index in [0.29, 0.717) is 34.0 Å². The van der Waals surface area contributed by atoms with Crippen molar-refractivity contribution >= 4 is 9.84 Å². The molecule has 0 fully saturated rings. The van der Waals surface area contributed by atoms with Gasteiger partial charge in [-0.05, 0) is 61.4 Å². The average Bonchev–Trinajstić information content (AvgIpc) is 3.52. The molecular formula is C33H28F2N4O6S. The molecule has 0 N–H and O–H groups in total. The second kappa shape index (κ2) is 13.2. The molecule has 0 bridgehead atoms. The van der Waals surface area contributed by atoms with Crippen molar-refractivity contribution in [3.05, 3.63) is 130 Å². The molecule has 46 heavy (non-hydrogen) atoms. The summed E-state index contributed by atoms with van der Waals surface area (Å²) in [4.78, 5) is 25.4. The number of hydrogen-bond donors (Lipinski definition) is 0. The normalized spacial score (nSPS) is 13.1. The third kappa shape index (κ3) is 6.95. The predicted octanol–water partition coefficient (Wildman–Crippen LogP) is 5.19. The van der Waals surface area contributed by atoms with Crippen molar-refractivity contribution in [2.45, 2.75) is 37.8 Å². The molecule has 236 valence electrons. The smallest absolute Gasteiger partial charge is 0.286 e. The molecule has 13 heteroatoms. The fourth-order valence-corrected chi connectivity index (χ4v) is 6.19. The average molecular weight is 647 g/mol. The van der Waals surface area contributed by atoms with Crippen molar-refractivity contribution in [3.63, 3.8) is 0 Å². The van der Waals surface area contributed by atoms with E-state index in [2.05, 4.69) is 15.0 Å². The van der Waals surface area contributed by atoms with E-state index in [0.717, 1.165) is 6.07 Å². The van der Waals surface area contributed by atoms with Gasteiger partial charge in [0, 0.05) is 29.2 Å². The van der Waals surface area contributed by atoms with Crippen LogP contribution in [0.15, 0.2) is 95.1 Å². The Bertz CT molecular complexity index is 2060. The Morgan fingerprint density at radius 3 is 2.57 bits per heavy atom. The third-order valence-electron chi connectivity index (χ3n) is 7.30. The second-order valence-corrected chi connectivity index (χ2v) is 12.6. The summed E-state index contributed by atoms with van der Waals surface area (Å²) in [5.74, 6) is -0.777. The number of benzene rings is 2. The third-order valence-corrected chi connectivity index (χ3v) is 8.82. The van der Waals surface area contributed by atoms with Crippen LogP contribution >= 0.6 is 0 Å². The summed E-state index contributed by atoms with van der Waals surface area (Å²) in [5.41, 5.74) is 1.28. The summed E-state index contributed by atoms with van der Waals surface area (Å²) < 4.78 is 74.1. The zero-order valence-electron chi connectivity index (χ0n) is 24.6. The van der Waals surface area contributed by atoms with E-state index in [1.165, 1.54) is 22.9 Å². The number of rotatable bonds is 11. The van der Waals surface area contributed by atoms with Crippen LogP contribution in [0.5, 0.6) is 11.5 Å². The molecule has 0 amide bonds. The first-order valence-electron chi connectivity index (χ1n) is 14.3. The van der Waals surface area contributed by atoms with Gasteiger partial charge in [-0.3, -0.25) is 9.78 Å². The fourth-order valence-electron chi connectivity index (χ4n) is 4.96. The van der Waals surface area contributed by atoms with Crippen LogP contribution in [0, 0.1) is 18.6 Å². The highest BCUT2D eigenvalue weighted by Gasteiger charge is 2.25. The number of pyridine rings is 2. The molecular weight excluding hydrogens is 618 g/mol. The lowest BCUT2D eigenvalue weighted by molar-refractivity contribution is 0.0333. The van der Waals surface area contributed by atoms with E-state index in [1.54, 1.807) is 67.7 Å². The molecule has 1 aliphatic rings. The molecule has 0 saturated heterocycles. The molecule has 4 heterocycles. The number of hydrogen-bond acceptors (Lipinski definition) is 9. The van der Waals surface area contributed by atoms with Gasteiger partial charge in [0.25, 0.3) is 5.56 Å². The molecule has 1 aliphatic heterocycles. The lowest BCUT2D eigenvalue weighted by Crippen LogP contribution is -2.23. The Hall–Kier alpha value is -5.01. The van der Waals surface area contributed by atoms with Crippen LogP contribution in [0.3, 0.4) is 0 Å². The summed E-state index contributed by atoms with van der Waals surface area (Å²) in [7, 11) is -4.08. The minimum Gasteiger partial charge on any atom is -0.454 e. The van der Waals surface area contributed by atoms with Crippen LogP contribution in [-0.2, 0) is 27.7 Å². The lowest BCUT2D eigenvalue weighted by atomic mass is 10.1. The van der Waals surface area contributed by atoms with Gasteiger partial charge in [-0.2, -0.15) is 0 Å². The quantitative estimate of drug-likeness (QED) is 0.179. The van der Waals surface area contributed by atoms with E-state index in [1.807, 2.05) is 0 Å². The van der Waals surface area contributed by atoms with Crippen LogP contribution in [0.4, 0.5) is 8.78 Å². The van der Waals surface area contributed by atoms with Gasteiger partial charge in [0.1, 0.15) is 11.9 Å². The van der Waals surface area contributed by atoms with Crippen molar-refractivity contribution in [2.24, 2.45) is 0 Å². The van der Waals surface area contributed by atoms with E-state index in [4.69, 9.17) is 14.2 Å². The maximum Gasteiger partial charge on any atom is 0.286 e. The van der Waals surface area contributed by atoms with Crippen molar-refractivity contribution in [1.29, 1.82) is 0 Å². The van der Waals surface area contributed by atoms with Crippen molar-refractivity contribution in [3.8, 4) is 22.8 Å². The maximum absolute atomic E-state index is 14.9. The Morgan fingerprint density at radius 1 is 0.957 bits per heavy atom. The van der Waals surface area contributed by atoms with Crippen LogP contribution in [0.25, 0.3) is 11.3 Å². The Labute approximate surface area is 263 Å². The molecule has 0 aliphatic carbocycles. The monoisotopic (exact) mass is 646 g/mol. The first-order valence-corrected chi connectivity index (χ1v) is 15.9. The molecule has 5 aromatic rings. The Kier molecular flexibility index (Phi) is 8.86. The summed E-state index contributed by atoms with van der Waals surface area (Å²) in [5, 5.41) is -0.453. The summed E-state index contributed by atoms with van der Waals surface area (Å²) in [6.07, 6.45) is 2.19. The first kappa shape index (κ1) is 31.0. The molecule has 0 radical (unpaired) electrons. The minimum absolute atomic E-state index is 0.0184. The summed E-state index contributed by atoms with van der Waals surface area (Å²) in [6, 6.07) is 19.0. The molecule has 6 rings (SSSR count). The molecule has 0 spiro atoms. The van der Waals surface area contributed by atoms with Gasteiger partial charge in [-0.25, -0.2) is 27.2 Å². The van der Waals surface area contributed by atoms with Gasteiger partial charge in [0.05, 0.1) is 30.3 Å². The van der Waals surface area contributed by atoms with E-state index in [-0.39, 0.29) is 37.6 Å². The molecule has 0 saturated carbocycles. The van der Waals surface area contributed by atoms with E-state index in [9.17, 15) is 22.0 Å². The number of nitrogens with zero attached hydrogens (tertiary/aromatic N) is 4. The van der Waals surface area contributed by atoms with Gasteiger partial charge < -0.3 is 18.8 Å². The van der Waals surface area contributed by atoms with Gasteiger partial charge in [-0.15, -0.1) is 0 Å². The number of halogens is 2. The van der Waals surface area contributed by atoms with Crippen LogP contribution in [0.2, 0.25) is 0 Å². The molecule has 1 atom stereocenters. The standard InChI is InChI=1S/C33H28F2N4O6S/c1-21-14-28(24-16-26(35)32(40)39(18-24)17-22-9-10-30-31(15-22)45-20-44-30)38-33(37-21)46(41,42)13-11-29(27-8-4-5-12-36-27)43-19-23-6-2-3-7-25(23)34/h2-10,12,14-16,18,29H,11,13,17,19-20H2,1H3. The number of sulfone groups is 1. The van der Waals surface area contributed by atoms with Crippen LogP contribution in [-0.4, -0.2) is 40.5 Å². The number of aromatic nitrogens is 4. The van der Waals surface area contributed by atoms with Crippen LogP contribution in [0.1, 0.15) is 35.0 Å². The zero-order chi connectivity index (χ0) is 32.3. The van der Waals surface area contributed by atoms with Crippen molar-refractivity contribution in [1.82, 2.24) is 19.5 Å². The molecule has 3 aromatic heterocycles. The maximum atomic E-state index is 14.9. The van der Waals surface area contributed by atoms with E-state index >= 15 is 0 Å². The lowest BCUT2D eigenvalue weighted by Gasteiger charge is -2.18. The highest BCUT2D eigenvalue weighted by atomic mass is 32.2. The fraction of sp³-hybridized carbons (Fsp3) is 0.212. The zero-order valence-corrected chi connectivity index (χ0v) is 25.4. The van der Waals surface area contributed by atoms with Gasteiger partial charge >= 0.3 is 0 Å². The second-order valence-electron chi connectivity index (χ2n) is 10.6. The minimum atomic E-state index is -4.08. The largest absolute Gasteiger partial charge is 0.454 e. The molecule has 2 aromatic carbocycles. The Balaban J connectivity index is 1.24.